The normalized spacial score (nSPS) is 20.3. The van der Waals surface area contributed by atoms with Crippen LogP contribution in [0.4, 0.5) is 4.39 Å². The molecule has 0 bridgehead atoms. The van der Waals surface area contributed by atoms with Crippen molar-refractivity contribution in [2.24, 2.45) is 0 Å². The maximum Gasteiger partial charge on any atom is 0.256 e. The third-order valence-corrected chi connectivity index (χ3v) is 4.12. The molecule has 1 aliphatic heterocycles. The van der Waals surface area contributed by atoms with Crippen molar-refractivity contribution in [2.75, 3.05) is 27.2 Å². The van der Waals surface area contributed by atoms with E-state index >= 15 is 0 Å². The van der Waals surface area contributed by atoms with Gasteiger partial charge in [-0.3, -0.25) is 4.79 Å². The maximum atomic E-state index is 13.8. The van der Waals surface area contributed by atoms with Crippen molar-refractivity contribution >= 4 is 21.8 Å². The second-order valence-corrected chi connectivity index (χ2v) is 6.01. The van der Waals surface area contributed by atoms with Crippen molar-refractivity contribution in [2.45, 2.75) is 18.9 Å². The number of rotatable bonds is 2. The molecule has 104 valence electrons. The first-order chi connectivity index (χ1) is 8.99. The van der Waals surface area contributed by atoms with Crippen LogP contribution in [-0.4, -0.2) is 48.9 Å². The molecular formula is C14H18BrFN2O. The minimum Gasteiger partial charge on any atom is -0.337 e. The molecule has 0 saturated carbocycles. The third kappa shape index (κ3) is 3.34. The summed E-state index contributed by atoms with van der Waals surface area (Å²) in [5.74, 6) is -0.722. The van der Waals surface area contributed by atoms with Crippen molar-refractivity contribution in [1.29, 1.82) is 0 Å². The molecule has 1 aromatic carbocycles. The van der Waals surface area contributed by atoms with Crippen LogP contribution in [0.2, 0.25) is 0 Å². The van der Waals surface area contributed by atoms with Crippen molar-refractivity contribution in [3.63, 3.8) is 0 Å². The van der Waals surface area contributed by atoms with Gasteiger partial charge in [-0.05, 0) is 44.6 Å². The van der Waals surface area contributed by atoms with E-state index in [-0.39, 0.29) is 17.5 Å². The topological polar surface area (TPSA) is 23.6 Å². The van der Waals surface area contributed by atoms with Gasteiger partial charge < -0.3 is 9.80 Å². The SMILES string of the molecule is CN1CCCC(N(C)C(=O)c2ccc(Br)cc2F)C1. The summed E-state index contributed by atoms with van der Waals surface area (Å²) < 4.78 is 14.5. The molecule has 0 N–H and O–H groups in total. The number of hydrogen-bond acceptors (Lipinski definition) is 2. The molecule has 1 saturated heterocycles. The van der Waals surface area contributed by atoms with Crippen molar-refractivity contribution in [1.82, 2.24) is 9.80 Å². The van der Waals surface area contributed by atoms with Gasteiger partial charge in [0.15, 0.2) is 0 Å². The van der Waals surface area contributed by atoms with Gasteiger partial charge in [-0.25, -0.2) is 4.39 Å². The fourth-order valence-electron chi connectivity index (χ4n) is 2.47. The van der Waals surface area contributed by atoms with Crippen LogP contribution in [0.25, 0.3) is 0 Å². The average molecular weight is 329 g/mol. The molecule has 2 rings (SSSR count). The zero-order chi connectivity index (χ0) is 14.0. The van der Waals surface area contributed by atoms with Crippen molar-refractivity contribution in [3.05, 3.63) is 34.1 Å². The zero-order valence-electron chi connectivity index (χ0n) is 11.2. The monoisotopic (exact) mass is 328 g/mol. The summed E-state index contributed by atoms with van der Waals surface area (Å²) in [5.41, 5.74) is 0.138. The van der Waals surface area contributed by atoms with E-state index < -0.39 is 5.82 Å². The number of carbonyl (C=O) groups is 1. The summed E-state index contributed by atoms with van der Waals surface area (Å²) in [6.07, 6.45) is 2.05. The molecule has 3 nitrogen and oxygen atoms in total. The molecule has 0 spiro atoms. The molecule has 1 aliphatic rings. The van der Waals surface area contributed by atoms with Gasteiger partial charge in [-0.1, -0.05) is 15.9 Å². The first kappa shape index (κ1) is 14.5. The summed E-state index contributed by atoms with van der Waals surface area (Å²) in [4.78, 5) is 16.2. The van der Waals surface area contributed by atoms with Gasteiger partial charge in [0.25, 0.3) is 5.91 Å². The van der Waals surface area contributed by atoms with Gasteiger partial charge in [0.2, 0.25) is 0 Å². The second kappa shape index (κ2) is 6.01. The third-order valence-electron chi connectivity index (χ3n) is 3.63. The summed E-state index contributed by atoms with van der Waals surface area (Å²) >= 11 is 3.20. The summed E-state index contributed by atoms with van der Waals surface area (Å²) in [6, 6.07) is 4.71. The maximum absolute atomic E-state index is 13.8. The fourth-order valence-corrected chi connectivity index (χ4v) is 2.81. The predicted octanol–water partition coefficient (Wildman–Crippen LogP) is 2.75. The first-order valence-corrected chi connectivity index (χ1v) is 7.19. The molecule has 0 aromatic heterocycles. The van der Waals surface area contributed by atoms with E-state index in [1.165, 1.54) is 12.1 Å². The Morgan fingerprint density at radius 2 is 2.26 bits per heavy atom. The van der Waals surface area contributed by atoms with Gasteiger partial charge in [0.05, 0.1) is 5.56 Å². The molecule has 19 heavy (non-hydrogen) atoms. The van der Waals surface area contributed by atoms with Crippen LogP contribution >= 0.6 is 15.9 Å². The predicted molar refractivity (Wildman–Crippen MR) is 76.7 cm³/mol. The van der Waals surface area contributed by atoms with E-state index in [1.807, 2.05) is 7.05 Å². The Kier molecular flexibility index (Phi) is 4.58. The molecule has 1 amide bonds. The van der Waals surface area contributed by atoms with Gasteiger partial charge >= 0.3 is 0 Å². The smallest absolute Gasteiger partial charge is 0.256 e. The summed E-state index contributed by atoms with van der Waals surface area (Å²) in [5, 5.41) is 0. The lowest BCUT2D eigenvalue weighted by molar-refractivity contribution is 0.0639. The highest BCUT2D eigenvalue weighted by atomic mass is 79.9. The molecule has 1 unspecified atom stereocenters. The van der Waals surface area contributed by atoms with Crippen LogP contribution in [-0.2, 0) is 0 Å². The molecule has 1 heterocycles. The van der Waals surface area contributed by atoms with E-state index in [0.717, 1.165) is 25.9 Å². The number of nitrogens with zero attached hydrogens (tertiary/aromatic N) is 2. The van der Waals surface area contributed by atoms with Gasteiger partial charge in [0.1, 0.15) is 5.82 Å². The van der Waals surface area contributed by atoms with E-state index in [2.05, 4.69) is 20.8 Å². The Labute approximate surface area is 121 Å². The molecule has 0 radical (unpaired) electrons. The highest BCUT2D eigenvalue weighted by Crippen LogP contribution is 2.20. The molecule has 1 atom stereocenters. The number of benzene rings is 1. The van der Waals surface area contributed by atoms with Crippen LogP contribution in [0.5, 0.6) is 0 Å². The first-order valence-electron chi connectivity index (χ1n) is 6.40. The van der Waals surface area contributed by atoms with E-state index in [9.17, 15) is 9.18 Å². The second-order valence-electron chi connectivity index (χ2n) is 5.10. The Morgan fingerprint density at radius 3 is 2.89 bits per heavy atom. The largest absolute Gasteiger partial charge is 0.337 e. The van der Waals surface area contributed by atoms with Gasteiger partial charge in [-0.2, -0.15) is 0 Å². The van der Waals surface area contributed by atoms with Crippen LogP contribution in [0, 0.1) is 5.82 Å². The van der Waals surface area contributed by atoms with Crippen LogP contribution in [0.15, 0.2) is 22.7 Å². The molecule has 1 aromatic rings. The number of piperidine rings is 1. The van der Waals surface area contributed by atoms with E-state index in [0.29, 0.717) is 4.47 Å². The van der Waals surface area contributed by atoms with Crippen molar-refractivity contribution < 1.29 is 9.18 Å². The summed E-state index contributed by atoms with van der Waals surface area (Å²) in [7, 11) is 3.80. The van der Waals surface area contributed by atoms with E-state index in [4.69, 9.17) is 0 Å². The number of halogens is 2. The van der Waals surface area contributed by atoms with Crippen LogP contribution in [0.3, 0.4) is 0 Å². The number of carbonyl (C=O) groups excluding carboxylic acids is 1. The quantitative estimate of drug-likeness (QED) is 0.833. The lowest BCUT2D eigenvalue weighted by atomic mass is 10.0. The molecule has 1 fully saturated rings. The average Bonchev–Trinajstić information content (AvgIpc) is 2.37. The minimum atomic E-state index is -0.476. The summed E-state index contributed by atoms with van der Waals surface area (Å²) in [6.45, 7) is 1.91. The lowest BCUT2D eigenvalue weighted by Crippen LogP contribution is -2.47. The Balaban J connectivity index is 2.14. The standard InChI is InChI=1S/C14H18BrFN2O/c1-17-7-3-4-11(9-17)18(2)14(19)12-6-5-10(15)8-13(12)16/h5-6,8,11H,3-4,7,9H2,1-2H3. The Morgan fingerprint density at radius 1 is 1.53 bits per heavy atom. The highest BCUT2D eigenvalue weighted by molar-refractivity contribution is 9.10. The lowest BCUT2D eigenvalue weighted by Gasteiger charge is -2.35. The highest BCUT2D eigenvalue weighted by Gasteiger charge is 2.26. The van der Waals surface area contributed by atoms with Crippen LogP contribution < -0.4 is 0 Å². The van der Waals surface area contributed by atoms with E-state index in [1.54, 1.807) is 18.0 Å². The number of likely N-dealkylation sites (N-methyl/N-ethyl adjacent to an activating group) is 2. The molecule has 5 heteroatoms. The molecule has 0 aliphatic carbocycles. The van der Waals surface area contributed by atoms with Gasteiger partial charge in [-0.15, -0.1) is 0 Å². The number of hydrogen-bond donors (Lipinski definition) is 0. The molecular weight excluding hydrogens is 311 g/mol. The van der Waals surface area contributed by atoms with Crippen LogP contribution in [0.1, 0.15) is 23.2 Å². The number of amides is 1. The zero-order valence-corrected chi connectivity index (χ0v) is 12.8. The van der Waals surface area contributed by atoms with Crippen molar-refractivity contribution in [3.8, 4) is 0 Å². The number of likely N-dealkylation sites (tertiary alicyclic amines) is 1. The Bertz CT molecular complexity index is 481. The Hall–Kier alpha value is -0.940. The minimum absolute atomic E-state index is 0.138. The fraction of sp³-hybridized carbons (Fsp3) is 0.500. The van der Waals surface area contributed by atoms with Gasteiger partial charge in [0, 0.05) is 24.1 Å².